The van der Waals surface area contributed by atoms with Crippen molar-refractivity contribution in [1.29, 1.82) is 0 Å². The number of rotatable bonds is 6. The fourth-order valence-electron chi connectivity index (χ4n) is 2.56. The second-order valence-corrected chi connectivity index (χ2v) is 10.7. The van der Waals surface area contributed by atoms with Crippen molar-refractivity contribution in [3.05, 3.63) is 109 Å². The van der Waals surface area contributed by atoms with Crippen molar-refractivity contribution in [1.82, 2.24) is 0 Å². The normalized spacial score (nSPS) is 11.0. The van der Waals surface area contributed by atoms with Gasteiger partial charge in [0.1, 0.15) is 0 Å². The molecule has 4 aromatic rings. The summed E-state index contributed by atoms with van der Waals surface area (Å²) in [5.41, 5.74) is 1.83. The van der Waals surface area contributed by atoms with E-state index in [2.05, 4.69) is 101 Å². The zero-order valence-corrected chi connectivity index (χ0v) is 18.5. The third-order valence-electron chi connectivity index (χ3n) is 3.93. The van der Waals surface area contributed by atoms with Crippen molar-refractivity contribution in [2.75, 3.05) is 0 Å². The quantitative estimate of drug-likeness (QED) is 0.291. The van der Waals surface area contributed by atoms with Crippen LogP contribution in [0.25, 0.3) is 0 Å². The predicted molar refractivity (Wildman–Crippen MR) is 120 cm³/mol. The van der Waals surface area contributed by atoms with Crippen molar-refractivity contribution in [3.63, 3.8) is 0 Å². The zero-order chi connectivity index (χ0) is 19.0. The van der Waals surface area contributed by atoms with E-state index in [1.807, 2.05) is 18.2 Å². The van der Waals surface area contributed by atoms with Crippen molar-refractivity contribution in [2.24, 2.45) is 10.2 Å². The average molecular weight is 492 g/mol. The van der Waals surface area contributed by atoms with Gasteiger partial charge in [-0.05, 0) is 0 Å². The van der Waals surface area contributed by atoms with Gasteiger partial charge in [0.2, 0.25) is 0 Å². The summed E-state index contributed by atoms with van der Waals surface area (Å²) >= 11 is 0.542. The van der Waals surface area contributed by atoms with Crippen LogP contribution in [0.4, 0.5) is 11.4 Å². The van der Waals surface area contributed by atoms with Crippen LogP contribution in [0.2, 0.25) is 0 Å². The Hall–Kier alpha value is -2.48. The van der Waals surface area contributed by atoms with Crippen LogP contribution in [-0.4, -0.2) is 29.9 Å². The molecule has 0 spiro atoms. The molecule has 0 unspecified atom stereocenters. The molecule has 28 heavy (non-hydrogen) atoms. The van der Waals surface area contributed by atoms with E-state index in [-0.39, 0.29) is 15.0 Å². The summed E-state index contributed by atoms with van der Waals surface area (Å²) in [4.78, 5) is 0. The van der Waals surface area contributed by atoms with Gasteiger partial charge in [0.05, 0.1) is 0 Å². The zero-order valence-electron chi connectivity index (χ0n) is 15.1. The topological polar surface area (TPSA) is 24.7 Å². The fourth-order valence-corrected chi connectivity index (χ4v) is 6.22. The van der Waals surface area contributed by atoms with Gasteiger partial charge >= 0.3 is 179 Å². The summed E-state index contributed by atoms with van der Waals surface area (Å²) in [5.74, 6) is 0. The third kappa shape index (κ3) is 5.28. The van der Waals surface area contributed by atoms with E-state index < -0.39 is 0 Å². The molecule has 0 N–H and O–H groups in total. The molecule has 4 aromatic carbocycles. The molecule has 0 bridgehead atoms. The minimum atomic E-state index is 0.221. The van der Waals surface area contributed by atoms with E-state index in [9.17, 15) is 0 Å². The van der Waals surface area contributed by atoms with Crippen LogP contribution in [0.15, 0.2) is 119 Å². The van der Waals surface area contributed by atoms with Gasteiger partial charge in [-0.25, -0.2) is 0 Å². The molecule has 0 aliphatic rings. The Labute approximate surface area is 178 Å². The van der Waals surface area contributed by atoms with Crippen molar-refractivity contribution >= 4 is 59.1 Å². The number of azo groups is 1. The van der Waals surface area contributed by atoms with Gasteiger partial charge in [-0.15, -0.1) is 0 Å². The first kappa shape index (κ1) is 18.9. The minimum absolute atomic E-state index is 0.221. The van der Waals surface area contributed by atoms with Crippen LogP contribution >= 0.6 is 0 Å². The third-order valence-corrected chi connectivity index (χ3v) is 8.31. The Morgan fingerprint density at radius 3 is 1.64 bits per heavy atom. The Bertz CT molecular complexity index is 1050. The number of benzene rings is 4. The molecule has 2 nitrogen and oxygen atoms in total. The maximum absolute atomic E-state index is 4.53. The summed E-state index contributed by atoms with van der Waals surface area (Å²) in [5, 5.41) is 9.00. The molecule has 136 valence electrons. The summed E-state index contributed by atoms with van der Waals surface area (Å²) in [6, 6.07) is 37.8. The van der Waals surface area contributed by atoms with Crippen LogP contribution in [0.3, 0.4) is 0 Å². The molecular weight excluding hydrogens is 474 g/mol. The SMILES string of the molecule is c1ccc([Se]c2ccc(N=Nc3ccccc3[Se]c3ccccc3)cc2)cc1. The van der Waals surface area contributed by atoms with Gasteiger partial charge in [0, 0.05) is 0 Å². The van der Waals surface area contributed by atoms with E-state index in [1.54, 1.807) is 0 Å². The molecule has 0 aromatic heterocycles. The Balaban J connectivity index is 1.47. The standard InChI is InChI=1S/C24H18N2Se2/c1-3-9-20(10-4-1)27-22-17-15-19(16-18-22)25-26-23-13-7-8-14-24(23)28-21-11-5-2-6-12-21/h1-18H. The molecule has 0 radical (unpaired) electrons. The van der Waals surface area contributed by atoms with Gasteiger partial charge < -0.3 is 0 Å². The van der Waals surface area contributed by atoms with E-state index in [1.165, 1.54) is 17.8 Å². The Kier molecular flexibility index (Phi) is 6.49. The van der Waals surface area contributed by atoms with Crippen LogP contribution in [0.5, 0.6) is 0 Å². The van der Waals surface area contributed by atoms with E-state index >= 15 is 0 Å². The van der Waals surface area contributed by atoms with Crippen molar-refractivity contribution in [2.45, 2.75) is 0 Å². The van der Waals surface area contributed by atoms with Gasteiger partial charge in [-0.2, -0.15) is 0 Å². The van der Waals surface area contributed by atoms with Crippen molar-refractivity contribution < 1.29 is 0 Å². The number of nitrogens with zero attached hydrogens (tertiary/aromatic N) is 2. The molecule has 0 fully saturated rings. The van der Waals surface area contributed by atoms with Crippen molar-refractivity contribution in [3.8, 4) is 0 Å². The average Bonchev–Trinajstić information content (AvgIpc) is 2.76. The van der Waals surface area contributed by atoms with E-state index in [4.69, 9.17) is 0 Å². The van der Waals surface area contributed by atoms with Gasteiger partial charge in [-0.1, -0.05) is 0 Å². The fraction of sp³-hybridized carbons (Fsp3) is 0. The molecule has 0 aliphatic carbocycles. The maximum atomic E-state index is 4.53. The molecule has 4 rings (SSSR count). The first-order valence-electron chi connectivity index (χ1n) is 8.93. The monoisotopic (exact) mass is 494 g/mol. The van der Waals surface area contributed by atoms with Crippen LogP contribution < -0.4 is 17.8 Å². The van der Waals surface area contributed by atoms with Crippen LogP contribution in [0, 0.1) is 0 Å². The summed E-state index contributed by atoms with van der Waals surface area (Å²) in [7, 11) is 0. The second-order valence-electron chi connectivity index (χ2n) is 5.99. The van der Waals surface area contributed by atoms with Gasteiger partial charge in [0.25, 0.3) is 0 Å². The van der Waals surface area contributed by atoms with Crippen LogP contribution in [-0.2, 0) is 0 Å². The second kappa shape index (κ2) is 9.63. The molecule has 0 heterocycles. The number of hydrogen-bond acceptors (Lipinski definition) is 2. The van der Waals surface area contributed by atoms with Gasteiger partial charge in [-0.3, -0.25) is 0 Å². The summed E-state index contributed by atoms with van der Waals surface area (Å²) < 4.78 is 5.30. The van der Waals surface area contributed by atoms with E-state index in [0.29, 0.717) is 15.0 Å². The number of hydrogen-bond donors (Lipinski definition) is 0. The summed E-state index contributed by atoms with van der Waals surface area (Å²) in [6.07, 6.45) is 0. The first-order chi connectivity index (χ1) is 13.9. The molecule has 4 heteroatoms. The Morgan fingerprint density at radius 1 is 0.429 bits per heavy atom. The van der Waals surface area contributed by atoms with Crippen LogP contribution in [0.1, 0.15) is 0 Å². The first-order valence-corrected chi connectivity index (χ1v) is 12.4. The Morgan fingerprint density at radius 2 is 0.964 bits per heavy atom. The molecule has 0 saturated heterocycles. The molecule has 0 amide bonds. The van der Waals surface area contributed by atoms with E-state index in [0.717, 1.165) is 11.4 Å². The molecule has 0 saturated carbocycles. The molecular formula is C24H18N2Se2. The van der Waals surface area contributed by atoms with Gasteiger partial charge in [0.15, 0.2) is 0 Å². The predicted octanol–water partition coefficient (Wildman–Crippen LogP) is 3.41. The molecule has 0 atom stereocenters. The molecule has 0 aliphatic heterocycles. The summed E-state index contributed by atoms with van der Waals surface area (Å²) in [6.45, 7) is 0.